The lowest BCUT2D eigenvalue weighted by Gasteiger charge is -2.17. The Morgan fingerprint density at radius 2 is 1.88 bits per heavy atom. The Hall–Kier alpha value is -2.40. The van der Waals surface area contributed by atoms with Crippen LogP contribution in [-0.2, 0) is 14.3 Å². The summed E-state index contributed by atoms with van der Waals surface area (Å²) >= 11 is 3.38. The maximum absolute atomic E-state index is 12.4. The molecule has 0 radical (unpaired) electrons. The van der Waals surface area contributed by atoms with Crippen molar-refractivity contribution in [1.29, 1.82) is 0 Å². The fraction of sp³-hybridized carbons (Fsp3) is 0.200. The zero-order valence-corrected chi connectivity index (χ0v) is 15.1. The van der Waals surface area contributed by atoms with E-state index in [1.807, 2.05) is 42.5 Å². The molecule has 1 amide bonds. The van der Waals surface area contributed by atoms with Crippen LogP contribution in [0.3, 0.4) is 0 Å². The van der Waals surface area contributed by atoms with Crippen LogP contribution in [0.25, 0.3) is 6.08 Å². The van der Waals surface area contributed by atoms with Crippen molar-refractivity contribution in [2.75, 3.05) is 0 Å². The number of carbonyl (C=O) groups is 2. The average molecular weight is 400 g/mol. The number of benzene rings is 2. The molecule has 4 nitrogen and oxygen atoms in total. The van der Waals surface area contributed by atoms with Crippen LogP contribution in [0.2, 0.25) is 0 Å². The first-order chi connectivity index (χ1) is 12.1. The van der Waals surface area contributed by atoms with Gasteiger partial charge in [0.2, 0.25) is 6.10 Å². The Morgan fingerprint density at radius 1 is 1.12 bits per heavy atom. The summed E-state index contributed by atoms with van der Waals surface area (Å²) in [7, 11) is 0. The predicted molar refractivity (Wildman–Crippen MR) is 99.6 cm³/mol. The second kappa shape index (κ2) is 8.12. The molecule has 1 aliphatic rings. The summed E-state index contributed by atoms with van der Waals surface area (Å²) in [5.74, 6) is -0.835. The zero-order chi connectivity index (χ0) is 17.6. The molecule has 1 saturated carbocycles. The molecule has 128 valence electrons. The fourth-order valence-electron chi connectivity index (χ4n) is 2.34. The molecule has 25 heavy (non-hydrogen) atoms. The first kappa shape index (κ1) is 17.4. The highest BCUT2D eigenvalue weighted by atomic mass is 79.9. The predicted octanol–water partition coefficient (Wildman–Crippen LogP) is 4.03. The molecule has 0 saturated heterocycles. The SMILES string of the molecule is O=C(/C=C/c1cccc(Br)c1)O[C@H](C(=O)NC1CC1)c1ccccc1. The van der Waals surface area contributed by atoms with Crippen molar-refractivity contribution in [3.8, 4) is 0 Å². The normalized spacial score (nSPS) is 14.9. The lowest BCUT2D eigenvalue weighted by Crippen LogP contribution is -2.33. The molecular formula is C20H18BrNO3. The number of halogens is 1. The van der Waals surface area contributed by atoms with Crippen LogP contribution in [-0.4, -0.2) is 17.9 Å². The Morgan fingerprint density at radius 3 is 2.56 bits per heavy atom. The van der Waals surface area contributed by atoms with Gasteiger partial charge in [-0.25, -0.2) is 4.79 Å². The van der Waals surface area contributed by atoms with Gasteiger partial charge in [-0.2, -0.15) is 0 Å². The monoisotopic (exact) mass is 399 g/mol. The van der Waals surface area contributed by atoms with Gasteiger partial charge in [0.05, 0.1) is 0 Å². The molecule has 1 aliphatic carbocycles. The first-order valence-electron chi connectivity index (χ1n) is 8.11. The lowest BCUT2D eigenvalue weighted by atomic mass is 10.1. The minimum absolute atomic E-state index is 0.203. The Balaban J connectivity index is 1.70. The van der Waals surface area contributed by atoms with E-state index in [1.165, 1.54) is 6.08 Å². The Labute approximate surface area is 155 Å². The van der Waals surface area contributed by atoms with E-state index < -0.39 is 12.1 Å². The molecule has 1 atom stereocenters. The van der Waals surface area contributed by atoms with Gasteiger partial charge in [-0.15, -0.1) is 0 Å². The quantitative estimate of drug-likeness (QED) is 0.589. The van der Waals surface area contributed by atoms with E-state index in [-0.39, 0.29) is 11.9 Å². The van der Waals surface area contributed by atoms with Crippen molar-refractivity contribution >= 4 is 33.9 Å². The molecular weight excluding hydrogens is 382 g/mol. The minimum Gasteiger partial charge on any atom is -0.444 e. The summed E-state index contributed by atoms with van der Waals surface area (Å²) < 4.78 is 6.35. The third-order valence-electron chi connectivity index (χ3n) is 3.76. The zero-order valence-electron chi connectivity index (χ0n) is 13.5. The first-order valence-corrected chi connectivity index (χ1v) is 8.91. The second-order valence-corrected chi connectivity index (χ2v) is 6.81. The maximum Gasteiger partial charge on any atom is 0.331 e. The minimum atomic E-state index is -0.943. The number of hydrogen-bond acceptors (Lipinski definition) is 3. The van der Waals surface area contributed by atoms with Gasteiger partial charge in [-0.05, 0) is 36.6 Å². The number of hydrogen-bond donors (Lipinski definition) is 1. The van der Waals surface area contributed by atoms with Crippen LogP contribution in [0.1, 0.15) is 30.1 Å². The number of amides is 1. The summed E-state index contributed by atoms with van der Waals surface area (Å²) in [5, 5.41) is 2.89. The van der Waals surface area contributed by atoms with Gasteiger partial charge in [0.15, 0.2) is 0 Å². The molecule has 2 aromatic carbocycles. The Kier molecular flexibility index (Phi) is 5.66. The van der Waals surface area contributed by atoms with Crippen molar-refractivity contribution in [2.24, 2.45) is 0 Å². The van der Waals surface area contributed by atoms with Crippen molar-refractivity contribution < 1.29 is 14.3 Å². The van der Waals surface area contributed by atoms with Crippen LogP contribution in [0.5, 0.6) is 0 Å². The Bertz CT molecular complexity index is 785. The van der Waals surface area contributed by atoms with Crippen LogP contribution in [0.4, 0.5) is 0 Å². The van der Waals surface area contributed by atoms with Crippen LogP contribution < -0.4 is 5.32 Å². The summed E-state index contributed by atoms with van der Waals surface area (Å²) in [6.07, 6.45) is 4.01. The maximum atomic E-state index is 12.4. The molecule has 5 heteroatoms. The molecule has 2 aromatic rings. The third-order valence-corrected chi connectivity index (χ3v) is 4.25. The number of rotatable bonds is 6. The topological polar surface area (TPSA) is 55.4 Å². The fourth-order valence-corrected chi connectivity index (χ4v) is 2.75. The van der Waals surface area contributed by atoms with E-state index in [0.717, 1.165) is 22.9 Å². The summed E-state index contributed by atoms with van der Waals surface area (Å²) in [5.41, 5.74) is 1.52. The number of carbonyl (C=O) groups excluding carboxylic acids is 2. The third kappa shape index (κ3) is 5.29. The molecule has 0 aliphatic heterocycles. The van der Waals surface area contributed by atoms with Gasteiger partial charge in [0.1, 0.15) is 0 Å². The van der Waals surface area contributed by atoms with Gasteiger partial charge in [-0.3, -0.25) is 4.79 Å². The number of nitrogens with one attached hydrogen (secondary N) is 1. The standard InChI is InChI=1S/C20H18BrNO3/c21-16-8-4-5-14(13-16)9-12-18(23)25-19(15-6-2-1-3-7-15)20(24)22-17-10-11-17/h1-9,12-13,17,19H,10-11H2,(H,22,24)/b12-9+/t19-/m0/s1. The number of esters is 1. The molecule has 0 spiro atoms. The molecule has 1 fully saturated rings. The second-order valence-electron chi connectivity index (χ2n) is 5.90. The van der Waals surface area contributed by atoms with E-state index in [9.17, 15) is 9.59 Å². The molecule has 1 N–H and O–H groups in total. The highest BCUT2D eigenvalue weighted by molar-refractivity contribution is 9.10. The van der Waals surface area contributed by atoms with Crippen molar-refractivity contribution in [3.63, 3.8) is 0 Å². The van der Waals surface area contributed by atoms with E-state index >= 15 is 0 Å². The lowest BCUT2D eigenvalue weighted by molar-refractivity contribution is -0.151. The van der Waals surface area contributed by atoms with Gasteiger partial charge >= 0.3 is 5.97 Å². The smallest absolute Gasteiger partial charge is 0.331 e. The van der Waals surface area contributed by atoms with Crippen molar-refractivity contribution in [2.45, 2.75) is 25.0 Å². The van der Waals surface area contributed by atoms with Gasteiger partial charge in [0.25, 0.3) is 5.91 Å². The molecule has 0 bridgehead atoms. The van der Waals surface area contributed by atoms with Crippen LogP contribution in [0.15, 0.2) is 65.1 Å². The van der Waals surface area contributed by atoms with Crippen molar-refractivity contribution in [1.82, 2.24) is 5.32 Å². The molecule has 0 heterocycles. The van der Waals surface area contributed by atoms with E-state index in [2.05, 4.69) is 21.2 Å². The molecule has 0 unspecified atom stereocenters. The largest absolute Gasteiger partial charge is 0.444 e. The van der Waals surface area contributed by atoms with Crippen LogP contribution in [0, 0.1) is 0 Å². The summed E-state index contributed by atoms with van der Waals surface area (Å²) in [6.45, 7) is 0. The van der Waals surface area contributed by atoms with E-state index in [4.69, 9.17) is 4.74 Å². The van der Waals surface area contributed by atoms with Crippen molar-refractivity contribution in [3.05, 3.63) is 76.3 Å². The van der Waals surface area contributed by atoms with E-state index in [1.54, 1.807) is 18.2 Å². The van der Waals surface area contributed by atoms with Crippen LogP contribution >= 0.6 is 15.9 Å². The van der Waals surface area contributed by atoms with Gasteiger partial charge < -0.3 is 10.1 Å². The van der Waals surface area contributed by atoms with E-state index in [0.29, 0.717) is 5.56 Å². The summed E-state index contributed by atoms with van der Waals surface area (Å²) in [6, 6.07) is 16.8. The number of ether oxygens (including phenoxy) is 1. The molecule has 3 rings (SSSR count). The highest BCUT2D eigenvalue weighted by Gasteiger charge is 2.30. The molecule has 0 aromatic heterocycles. The van der Waals surface area contributed by atoms with Gasteiger partial charge in [0, 0.05) is 22.2 Å². The average Bonchev–Trinajstić information content (AvgIpc) is 3.42. The summed E-state index contributed by atoms with van der Waals surface area (Å²) in [4.78, 5) is 24.6. The highest BCUT2D eigenvalue weighted by Crippen LogP contribution is 2.23. The van der Waals surface area contributed by atoms with Gasteiger partial charge in [-0.1, -0.05) is 58.4 Å².